The second-order valence-corrected chi connectivity index (χ2v) is 14.0. The predicted molar refractivity (Wildman–Crippen MR) is 216 cm³/mol. The van der Waals surface area contributed by atoms with E-state index in [-0.39, 0.29) is 39.9 Å². The first-order chi connectivity index (χ1) is 27.2. The Hall–Kier alpha value is -5.79. The normalized spacial score (nSPS) is 11.2. The molecule has 0 aliphatic carbocycles. The van der Waals surface area contributed by atoms with Gasteiger partial charge in [-0.25, -0.2) is 19.9 Å². The van der Waals surface area contributed by atoms with E-state index in [0.29, 0.717) is 39.3 Å². The summed E-state index contributed by atoms with van der Waals surface area (Å²) in [6.45, 7) is 6.30. The van der Waals surface area contributed by atoms with E-state index in [0.717, 1.165) is 91.0 Å². The average molecular weight is 857 g/mol. The molecule has 296 valence electrons. The van der Waals surface area contributed by atoms with Crippen LogP contribution >= 0.6 is 0 Å². The first kappa shape index (κ1) is 41.8. The fourth-order valence-electron chi connectivity index (χ4n) is 7.16. The Morgan fingerprint density at radius 3 is 1.03 bits per heavy atom. The van der Waals surface area contributed by atoms with Gasteiger partial charge in [-0.1, -0.05) is 66.2 Å². The van der Waals surface area contributed by atoms with E-state index in [2.05, 4.69) is 48.8 Å². The number of phenols is 1. The van der Waals surface area contributed by atoms with Crippen molar-refractivity contribution in [3.8, 4) is 5.75 Å². The summed E-state index contributed by atoms with van der Waals surface area (Å²) in [6, 6.07) is 36.4. The van der Waals surface area contributed by atoms with Crippen molar-refractivity contribution in [2.24, 2.45) is 0 Å². The van der Waals surface area contributed by atoms with Gasteiger partial charge in [-0.05, 0) is 55.5 Å². The molecule has 0 unspecified atom stereocenters. The third-order valence-corrected chi connectivity index (χ3v) is 9.45. The van der Waals surface area contributed by atoms with Gasteiger partial charge >= 0.3 is 0 Å². The molecule has 6 N–H and O–H groups in total. The molecule has 0 saturated carbocycles. The Bertz CT molecular complexity index is 2320. The molecule has 9 rings (SSSR count). The number of phenolic OH excluding ortho intramolecular Hbond substituents is 1. The zero-order valence-corrected chi connectivity index (χ0v) is 34.2. The van der Waals surface area contributed by atoms with Gasteiger partial charge in [0.1, 0.15) is 29.0 Å². The van der Waals surface area contributed by atoms with Gasteiger partial charge in [0.2, 0.25) is 0 Å². The maximum atomic E-state index is 12.0. The first-order valence-electron chi connectivity index (χ1n) is 18.4. The molecule has 13 nitrogen and oxygen atoms in total. The van der Waals surface area contributed by atoms with Gasteiger partial charge in [-0.3, -0.25) is 14.6 Å². The Morgan fingerprint density at radius 1 is 0.517 bits per heavy atom. The fraction of sp³-hybridized carbons (Fsp3) is 0.186. The number of aromatic amines is 4. The van der Waals surface area contributed by atoms with Crippen molar-refractivity contribution in [1.29, 1.82) is 0 Å². The van der Waals surface area contributed by atoms with Crippen molar-refractivity contribution in [1.82, 2.24) is 49.7 Å². The Kier molecular flexibility index (Phi) is 13.4. The minimum atomic E-state index is -0.833. The van der Waals surface area contributed by atoms with Crippen LogP contribution in [-0.4, -0.2) is 65.9 Å². The summed E-state index contributed by atoms with van der Waals surface area (Å²) in [4.78, 5) is 46.9. The number of aromatic hydroxyl groups is 1. The summed E-state index contributed by atoms with van der Waals surface area (Å²) in [7, 11) is 0. The van der Waals surface area contributed by atoms with Gasteiger partial charge in [-0.2, -0.15) is 0 Å². The maximum Gasteiger partial charge on any atom is 0.300 e. The van der Waals surface area contributed by atoms with Crippen LogP contribution in [0.1, 0.15) is 46.9 Å². The average Bonchev–Trinajstić information content (AvgIpc) is 3.96. The molecular weight excluding hydrogens is 814 g/mol. The molecule has 0 aliphatic heterocycles. The van der Waals surface area contributed by atoms with Crippen LogP contribution in [0.2, 0.25) is 0 Å². The molecule has 0 aliphatic rings. The zero-order valence-electron chi connectivity index (χ0n) is 31.9. The number of aryl methyl sites for hydroxylation is 1. The van der Waals surface area contributed by atoms with Crippen LogP contribution in [-0.2, 0) is 78.2 Å². The van der Waals surface area contributed by atoms with Crippen LogP contribution in [0.25, 0.3) is 44.1 Å². The molecule has 4 heterocycles. The number of rotatable bonds is 12. The topological polar surface area (TPSA) is 179 Å². The van der Waals surface area contributed by atoms with Crippen molar-refractivity contribution in [2.75, 3.05) is 0 Å². The summed E-state index contributed by atoms with van der Waals surface area (Å²) in [5.74, 6) is 2.86. The van der Waals surface area contributed by atoms with Gasteiger partial charge < -0.3 is 30.1 Å². The third kappa shape index (κ3) is 10.0. The van der Waals surface area contributed by atoms with Crippen LogP contribution < -0.4 is 0 Å². The maximum absolute atomic E-state index is 12.0. The van der Waals surface area contributed by atoms with Gasteiger partial charge in [0.25, 0.3) is 5.97 Å². The summed E-state index contributed by atoms with van der Waals surface area (Å²) in [5.41, 5.74) is 10.4. The Labute approximate surface area is 355 Å². The summed E-state index contributed by atoms with van der Waals surface area (Å²) in [5, 5.41) is 19.4. The number of fused-ring (bicyclic) bond motifs is 4. The second kappa shape index (κ2) is 18.6. The molecule has 2 radical (unpaired) electrons. The first-order valence-corrected chi connectivity index (χ1v) is 18.4. The molecule has 9 aromatic rings. The molecule has 58 heavy (non-hydrogen) atoms. The number of imidazole rings is 4. The van der Waals surface area contributed by atoms with Crippen molar-refractivity contribution < 1.29 is 49.1 Å². The van der Waals surface area contributed by atoms with E-state index in [4.69, 9.17) is 29.8 Å². The Balaban J connectivity index is 0.000000905. The van der Waals surface area contributed by atoms with E-state index in [1.165, 1.54) is 0 Å². The van der Waals surface area contributed by atoms with Crippen molar-refractivity contribution >= 4 is 50.1 Å². The van der Waals surface area contributed by atoms with Gasteiger partial charge in [-0.15, -0.1) is 0 Å². The molecule has 0 saturated heterocycles. The van der Waals surface area contributed by atoms with Crippen molar-refractivity contribution in [3.63, 3.8) is 0 Å². The van der Waals surface area contributed by atoms with E-state index >= 15 is 0 Å². The van der Waals surface area contributed by atoms with Crippen molar-refractivity contribution in [2.45, 2.75) is 53.1 Å². The number of carboxylic acids is 1. The van der Waals surface area contributed by atoms with E-state index in [9.17, 15) is 5.11 Å². The number of nitrogens with zero attached hydrogens (tertiary/aromatic N) is 6. The third-order valence-electron chi connectivity index (χ3n) is 9.45. The van der Waals surface area contributed by atoms with E-state index in [1.807, 2.05) is 97.1 Å². The summed E-state index contributed by atoms with van der Waals surface area (Å²) >= 11 is 0. The molecule has 5 aromatic carbocycles. The molecule has 0 fully saturated rings. The summed E-state index contributed by atoms with van der Waals surface area (Å²) < 4.78 is 0. The predicted octanol–water partition coefficient (Wildman–Crippen LogP) is 7.70. The monoisotopic (exact) mass is 856 g/mol. The second-order valence-electron chi connectivity index (χ2n) is 14.0. The molecule has 0 amide bonds. The number of hydrogen-bond donors (Lipinski definition) is 6. The smallest absolute Gasteiger partial charge is 0.300 e. The molecule has 4 aromatic heterocycles. The number of nitrogens with one attached hydrogen (secondary N) is 4. The molecule has 0 atom stereocenters. The number of carbonyl (C=O) groups is 1. The minimum Gasteiger partial charge on any atom is -0.507 e. The van der Waals surface area contributed by atoms with Crippen LogP contribution in [0.15, 0.2) is 109 Å². The van der Waals surface area contributed by atoms with Crippen LogP contribution in [0.3, 0.4) is 0 Å². The van der Waals surface area contributed by atoms with E-state index in [1.54, 1.807) is 0 Å². The summed E-state index contributed by atoms with van der Waals surface area (Å²) in [6.07, 6.45) is 0. The number of carboxylic acid groups (broad SMARTS) is 1. The van der Waals surface area contributed by atoms with Crippen LogP contribution in [0.5, 0.6) is 5.75 Å². The van der Waals surface area contributed by atoms with Crippen molar-refractivity contribution in [3.05, 3.63) is 149 Å². The molecule has 0 bridgehead atoms. The number of H-pyrrole nitrogens is 4. The van der Waals surface area contributed by atoms with E-state index < -0.39 is 5.97 Å². The van der Waals surface area contributed by atoms with Gasteiger partial charge in [0.05, 0.1) is 70.3 Å². The molecular formula is C43H42Mn2N10O3. The molecule has 0 spiro atoms. The number of hydrogen-bond acceptors (Lipinski definition) is 8. The number of aromatic nitrogens is 8. The number of benzene rings is 5. The van der Waals surface area contributed by atoms with Crippen LogP contribution in [0, 0.1) is 6.92 Å². The molecule has 15 heteroatoms. The minimum absolute atomic E-state index is 0. The zero-order chi connectivity index (χ0) is 38.6. The fourth-order valence-corrected chi connectivity index (χ4v) is 7.16. The Morgan fingerprint density at radius 2 is 0.776 bits per heavy atom. The standard InChI is InChI=1S/C41H38N10O.C2H4O2.2Mn/c1-26-18-27(20-50(22-37-42-29-10-2-3-11-30(29)43-37)23-38-44-31-12-4-5-13-32(31)45-38)41(52)28(19-26)21-51(24-39-46-33-14-6-7-15-34(33)47-39)25-40-48-35-16-8-9-17-36(35)49-40;1-2(3)4;;/h2-19,52H,20-25H2,1H3,(H,42,43)(H,44,45)(H,46,47)(H,48,49);1H3,(H,3,4);;. The van der Waals surface area contributed by atoms with Crippen LogP contribution in [0.4, 0.5) is 0 Å². The van der Waals surface area contributed by atoms with Gasteiger partial charge in [0.15, 0.2) is 0 Å². The largest absolute Gasteiger partial charge is 0.507 e. The number of aliphatic carboxylic acids is 1. The quantitative estimate of drug-likeness (QED) is 0.0672. The van der Waals surface area contributed by atoms with Gasteiger partial charge in [0, 0.05) is 65.3 Å². The SMILES string of the molecule is CC(=O)O.Cc1cc(CN(Cc2nc3ccccc3[nH]2)Cc2nc3ccccc3[nH]2)c(O)c(CN(Cc2nc3ccccc3[nH]2)Cc2nc3ccccc3[nH]2)c1.[Mn].[Mn]. The number of para-hydroxylation sites is 8.